The summed E-state index contributed by atoms with van der Waals surface area (Å²) in [6, 6.07) is 6.67. The van der Waals surface area contributed by atoms with E-state index in [2.05, 4.69) is 25.6 Å². The zero-order valence-corrected chi connectivity index (χ0v) is 16.1. The molecule has 1 atom stereocenters. The van der Waals surface area contributed by atoms with Crippen LogP contribution >= 0.6 is 0 Å². The lowest BCUT2D eigenvalue weighted by atomic mass is 10.1. The van der Waals surface area contributed by atoms with Crippen LogP contribution in [0.3, 0.4) is 0 Å². The number of nitrogens with zero attached hydrogens (tertiary/aromatic N) is 1. The molecule has 0 spiro atoms. The third-order valence-electron chi connectivity index (χ3n) is 4.44. The van der Waals surface area contributed by atoms with E-state index in [1.54, 1.807) is 18.2 Å². The van der Waals surface area contributed by atoms with Gasteiger partial charge in [-0.2, -0.15) is 0 Å². The van der Waals surface area contributed by atoms with E-state index in [1.165, 1.54) is 12.1 Å². The second-order valence-electron chi connectivity index (χ2n) is 6.73. The molecule has 3 rings (SSSR count). The quantitative estimate of drug-likeness (QED) is 0.253. The highest BCUT2D eigenvalue weighted by molar-refractivity contribution is 5.97. The molecule has 0 radical (unpaired) electrons. The Kier molecular flexibility index (Phi) is 6.19. The number of rotatable bonds is 9. The highest BCUT2D eigenvalue weighted by Crippen LogP contribution is 2.14. The predicted octanol–water partition coefficient (Wildman–Crippen LogP) is 0.493. The van der Waals surface area contributed by atoms with Crippen LogP contribution in [-0.4, -0.2) is 49.1 Å². The van der Waals surface area contributed by atoms with Gasteiger partial charge >= 0.3 is 11.9 Å². The number of carbonyl (C=O) groups excluding carboxylic acids is 1. The smallest absolute Gasteiger partial charge is 0.326 e. The van der Waals surface area contributed by atoms with Crippen LogP contribution in [0.5, 0.6) is 0 Å². The van der Waals surface area contributed by atoms with Crippen LogP contribution in [0.1, 0.15) is 28.9 Å². The summed E-state index contributed by atoms with van der Waals surface area (Å²) in [5.74, 6) is -3.04. The molecular formula is C19H20N6O6. The van der Waals surface area contributed by atoms with Gasteiger partial charge in [-0.1, -0.05) is 0 Å². The number of fused-ring (bicyclic) bond motifs is 1. The minimum Gasteiger partial charge on any atom is -0.481 e. The summed E-state index contributed by atoms with van der Waals surface area (Å²) in [6.45, 7) is 0.345. The number of benzene rings is 1. The lowest BCUT2D eigenvalue weighted by Crippen LogP contribution is -2.41. The maximum absolute atomic E-state index is 12.3. The SMILES string of the molecule is Nc1nc2cc(CNc3ccc(C(=O)N[C@@H](CCC(=O)O)C(=O)O)cc3)[nH]c2c(=O)[nH]1. The Morgan fingerprint density at radius 3 is 2.48 bits per heavy atom. The molecule has 2 aromatic heterocycles. The largest absolute Gasteiger partial charge is 0.481 e. The molecule has 162 valence electrons. The van der Waals surface area contributed by atoms with Gasteiger partial charge in [-0.05, 0) is 36.8 Å². The van der Waals surface area contributed by atoms with E-state index in [4.69, 9.17) is 15.9 Å². The lowest BCUT2D eigenvalue weighted by Gasteiger charge is -2.14. The van der Waals surface area contributed by atoms with Gasteiger partial charge in [0, 0.05) is 23.4 Å². The number of carbonyl (C=O) groups is 3. The molecule has 0 aliphatic heterocycles. The summed E-state index contributed by atoms with van der Waals surface area (Å²) in [7, 11) is 0. The number of hydrogen-bond donors (Lipinski definition) is 7. The van der Waals surface area contributed by atoms with Crippen molar-refractivity contribution in [2.75, 3.05) is 11.1 Å². The number of hydrogen-bond acceptors (Lipinski definition) is 7. The maximum atomic E-state index is 12.3. The van der Waals surface area contributed by atoms with Gasteiger partial charge in [0.15, 0.2) is 0 Å². The van der Waals surface area contributed by atoms with E-state index in [1.807, 2.05) is 0 Å². The number of H-pyrrole nitrogens is 2. The summed E-state index contributed by atoms with van der Waals surface area (Å²) < 4.78 is 0. The van der Waals surface area contributed by atoms with Crippen molar-refractivity contribution in [1.82, 2.24) is 20.3 Å². The lowest BCUT2D eigenvalue weighted by molar-refractivity contribution is -0.140. The molecule has 12 nitrogen and oxygen atoms in total. The van der Waals surface area contributed by atoms with Crippen LogP contribution in [0.15, 0.2) is 35.1 Å². The van der Waals surface area contributed by atoms with Crippen LogP contribution in [0.25, 0.3) is 11.0 Å². The summed E-state index contributed by atoms with van der Waals surface area (Å²) >= 11 is 0. The number of carboxylic acid groups (broad SMARTS) is 2. The van der Waals surface area contributed by atoms with Crippen molar-refractivity contribution in [3.8, 4) is 0 Å². The molecular weight excluding hydrogens is 408 g/mol. The third-order valence-corrected chi connectivity index (χ3v) is 4.44. The average Bonchev–Trinajstić information content (AvgIpc) is 3.12. The van der Waals surface area contributed by atoms with Gasteiger partial charge in [0.1, 0.15) is 11.6 Å². The Labute approximate surface area is 174 Å². The van der Waals surface area contributed by atoms with Crippen molar-refractivity contribution in [3.05, 3.63) is 51.9 Å². The number of amides is 1. The monoisotopic (exact) mass is 428 g/mol. The Morgan fingerprint density at radius 2 is 1.84 bits per heavy atom. The fourth-order valence-corrected chi connectivity index (χ4v) is 2.89. The number of nitrogen functional groups attached to an aromatic ring is 1. The van der Waals surface area contributed by atoms with Crippen LogP contribution in [-0.2, 0) is 16.1 Å². The van der Waals surface area contributed by atoms with E-state index >= 15 is 0 Å². The number of nitrogens with two attached hydrogens (primary N) is 1. The first kappa shape index (κ1) is 21.4. The van der Waals surface area contributed by atoms with Gasteiger partial charge in [-0.15, -0.1) is 0 Å². The van der Waals surface area contributed by atoms with Gasteiger partial charge < -0.3 is 31.6 Å². The molecule has 3 aromatic rings. The number of anilines is 2. The van der Waals surface area contributed by atoms with Crippen molar-refractivity contribution in [1.29, 1.82) is 0 Å². The number of nitrogens with one attached hydrogen (secondary N) is 4. The van der Waals surface area contributed by atoms with Crippen LogP contribution in [0.2, 0.25) is 0 Å². The Hall–Kier alpha value is -4.35. The zero-order valence-electron chi connectivity index (χ0n) is 16.1. The molecule has 0 saturated carbocycles. The summed E-state index contributed by atoms with van der Waals surface area (Å²) in [5, 5.41) is 23.3. The van der Waals surface area contributed by atoms with Crippen LogP contribution in [0, 0.1) is 0 Å². The predicted molar refractivity (Wildman–Crippen MR) is 111 cm³/mol. The fraction of sp³-hybridized carbons (Fsp3) is 0.211. The van der Waals surface area contributed by atoms with Gasteiger partial charge in [0.25, 0.3) is 11.5 Å². The molecule has 0 saturated heterocycles. The summed E-state index contributed by atoms with van der Waals surface area (Å²) in [6.07, 6.45) is -0.592. The molecule has 0 aliphatic carbocycles. The highest BCUT2D eigenvalue weighted by atomic mass is 16.4. The second-order valence-corrected chi connectivity index (χ2v) is 6.73. The Morgan fingerprint density at radius 1 is 1.13 bits per heavy atom. The normalized spacial score (nSPS) is 11.7. The fourth-order valence-electron chi connectivity index (χ4n) is 2.89. The first-order valence-electron chi connectivity index (χ1n) is 9.19. The Balaban J connectivity index is 1.61. The Bertz CT molecular complexity index is 1180. The van der Waals surface area contributed by atoms with Gasteiger partial charge in [0.2, 0.25) is 5.95 Å². The molecule has 0 unspecified atom stereocenters. The van der Waals surface area contributed by atoms with Crippen molar-refractivity contribution in [2.45, 2.75) is 25.4 Å². The standard InChI is InChI=1S/C19H20N6O6/c20-19-24-13-7-11(22-15(13)17(29)25-19)8-21-10-3-1-9(2-4-10)16(28)23-12(18(30)31)5-6-14(26)27/h1-4,7,12,21-22H,5-6,8H2,(H,23,28)(H,26,27)(H,30,31)(H3,20,24,25,29)/t12-/m0/s1. The number of carboxylic acids is 2. The number of aromatic nitrogens is 3. The summed E-state index contributed by atoms with van der Waals surface area (Å²) in [5.41, 5.74) is 7.52. The van der Waals surface area contributed by atoms with Crippen molar-refractivity contribution in [2.24, 2.45) is 0 Å². The molecule has 1 aromatic carbocycles. The third kappa shape index (κ3) is 5.38. The summed E-state index contributed by atoms with van der Waals surface area (Å²) in [4.78, 5) is 55.3. The minimum absolute atomic E-state index is 0.0259. The zero-order chi connectivity index (χ0) is 22.5. The van der Waals surface area contributed by atoms with Crippen LogP contribution in [0.4, 0.5) is 11.6 Å². The molecule has 0 bridgehead atoms. The van der Waals surface area contributed by atoms with Gasteiger partial charge in [-0.25, -0.2) is 9.78 Å². The van der Waals surface area contributed by atoms with E-state index < -0.39 is 23.9 Å². The molecule has 12 heteroatoms. The second kappa shape index (κ2) is 8.98. The first-order valence-corrected chi connectivity index (χ1v) is 9.19. The van der Waals surface area contributed by atoms with Gasteiger partial charge in [0.05, 0.1) is 12.1 Å². The highest BCUT2D eigenvalue weighted by Gasteiger charge is 2.21. The number of aromatic amines is 2. The molecule has 31 heavy (non-hydrogen) atoms. The minimum atomic E-state index is -1.30. The van der Waals surface area contributed by atoms with Crippen molar-refractivity contribution < 1.29 is 24.6 Å². The van der Waals surface area contributed by atoms with E-state index in [0.29, 0.717) is 29.0 Å². The average molecular weight is 428 g/mol. The maximum Gasteiger partial charge on any atom is 0.326 e. The number of aliphatic carboxylic acids is 2. The molecule has 0 aliphatic rings. The van der Waals surface area contributed by atoms with Crippen molar-refractivity contribution >= 4 is 40.5 Å². The molecule has 8 N–H and O–H groups in total. The molecule has 1 amide bonds. The van der Waals surface area contributed by atoms with E-state index in [0.717, 1.165) is 0 Å². The van der Waals surface area contributed by atoms with E-state index in [-0.39, 0.29) is 29.9 Å². The van der Waals surface area contributed by atoms with E-state index in [9.17, 15) is 19.2 Å². The topological polar surface area (TPSA) is 203 Å². The molecule has 2 heterocycles. The first-order chi connectivity index (χ1) is 14.7. The van der Waals surface area contributed by atoms with Crippen LogP contribution < -0.4 is 21.9 Å². The molecule has 0 fully saturated rings. The van der Waals surface area contributed by atoms with Gasteiger partial charge in [-0.3, -0.25) is 19.4 Å². The van der Waals surface area contributed by atoms with Crippen molar-refractivity contribution in [3.63, 3.8) is 0 Å².